The molecule has 3 nitrogen and oxygen atoms in total. The summed E-state index contributed by atoms with van der Waals surface area (Å²) in [7, 11) is 1.37. The first-order chi connectivity index (χ1) is 9.17. The average Bonchev–Trinajstić information content (AvgIpc) is 2.42. The molecule has 0 aromatic rings. The zero-order valence-corrected chi connectivity index (χ0v) is 13.5. The van der Waals surface area contributed by atoms with Gasteiger partial charge in [0.2, 0.25) is 0 Å². The summed E-state index contributed by atoms with van der Waals surface area (Å²) in [4.78, 5) is 24.5. The van der Waals surface area contributed by atoms with Crippen molar-refractivity contribution in [2.24, 2.45) is 5.41 Å². The number of hydrogen-bond acceptors (Lipinski definition) is 3. The summed E-state index contributed by atoms with van der Waals surface area (Å²) in [6, 6.07) is 0. The molecule has 4 heteroatoms. The third-order valence-corrected chi connectivity index (χ3v) is 5.05. The van der Waals surface area contributed by atoms with Crippen molar-refractivity contribution in [2.75, 3.05) is 12.4 Å². The van der Waals surface area contributed by atoms with Gasteiger partial charge in [-0.25, -0.2) is 0 Å². The second-order valence-corrected chi connectivity index (χ2v) is 6.02. The second-order valence-electron chi connectivity index (χ2n) is 5.46. The maximum atomic E-state index is 12.5. The fourth-order valence-corrected chi connectivity index (χ4v) is 3.58. The van der Waals surface area contributed by atoms with E-state index >= 15 is 0 Å². The molecule has 0 bridgehead atoms. The van der Waals surface area contributed by atoms with E-state index in [2.05, 4.69) is 15.9 Å². The van der Waals surface area contributed by atoms with Crippen LogP contribution in [-0.4, -0.2) is 24.2 Å². The molecule has 0 saturated heterocycles. The number of ketones is 1. The van der Waals surface area contributed by atoms with E-state index in [0.29, 0.717) is 18.2 Å². The normalized spacial score (nSPS) is 27.2. The molecular weight excluding hydrogens is 308 g/mol. The first-order valence-corrected chi connectivity index (χ1v) is 8.47. The molecule has 0 heterocycles. The van der Waals surface area contributed by atoms with Gasteiger partial charge in [0, 0.05) is 11.8 Å². The number of ether oxygens (including phenoxy) is 1. The van der Waals surface area contributed by atoms with E-state index in [0.717, 1.165) is 25.7 Å². The lowest BCUT2D eigenvalue weighted by Gasteiger charge is -2.28. The lowest BCUT2D eigenvalue weighted by molar-refractivity contribution is -0.157. The Hall–Kier alpha value is -0.380. The number of carbonyl (C=O) groups is 2. The van der Waals surface area contributed by atoms with Gasteiger partial charge in [0.25, 0.3) is 0 Å². The molecule has 1 atom stereocenters. The van der Waals surface area contributed by atoms with Crippen molar-refractivity contribution in [3.63, 3.8) is 0 Å². The quantitative estimate of drug-likeness (QED) is 0.435. The molecule has 1 aliphatic rings. The van der Waals surface area contributed by atoms with Gasteiger partial charge in [-0.2, -0.15) is 0 Å². The monoisotopic (exact) mass is 332 g/mol. The summed E-state index contributed by atoms with van der Waals surface area (Å²) in [5, 5.41) is 0.380. The topological polar surface area (TPSA) is 43.4 Å². The zero-order valence-electron chi connectivity index (χ0n) is 11.9. The van der Waals surface area contributed by atoms with Crippen LogP contribution in [-0.2, 0) is 14.3 Å². The van der Waals surface area contributed by atoms with E-state index in [-0.39, 0.29) is 11.8 Å². The van der Waals surface area contributed by atoms with Crippen molar-refractivity contribution >= 4 is 27.7 Å². The Morgan fingerprint density at radius 3 is 2.16 bits per heavy atom. The minimum Gasteiger partial charge on any atom is -0.468 e. The van der Waals surface area contributed by atoms with Crippen molar-refractivity contribution in [3.8, 4) is 0 Å². The van der Waals surface area contributed by atoms with Crippen LogP contribution in [0.5, 0.6) is 0 Å². The Morgan fingerprint density at radius 1 is 1.11 bits per heavy atom. The van der Waals surface area contributed by atoms with Crippen LogP contribution in [0.15, 0.2) is 0 Å². The van der Waals surface area contributed by atoms with Crippen molar-refractivity contribution < 1.29 is 14.3 Å². The SMILES string of the molecule is COC(=O)C1(CBr)CCCCCCCCCCC1=O. The van der Waals surface area contributed by atoms with Gasteiger partial charge in [-0.15, -0.1) is 0 Å². The van der Waals surface area contributed by atoms with Crippen LogP contribution in [0.25, 0.3) is 0 Å². The van der Waals surface area contributed by atoms with Gasteiger partial charge >= 0.3 is 5.97 Å². The zero-order chi connectivity index (χ0) is 14.1. The molecule has 1 unspecified atom stereocenters. The van der Waals surface area contributed by atoms with E-state index < -0.39 is 5.41 Å². The fraction of sp³-hybridized carbons (Fsp3) is 0.867. The van der Waals surface area contributed by atoms with E-state index in [9.17, 15) is 9.59 Å². The Kier molecular flexibility index (Phi) is 7.66. The van der Waals surface area contributed by atoms with Gasteiger partial charge < -0.3 is 4.74 Å². The molecular formula is C15H25BrO3. The number of alkyl halides is 1. The van der Waals surface area contributed by atoms with Crippen LogP contribution in [0, 0.1) is 5.41 Å². The molecule has 0 aromatic heterocycles. The summed E-state index contributed by atoms with van der Waals surface area (Å²) >= 11 is 3.37. The Bertz CT molecular complexity index is 304. The highest BCUT2D eigenvalue weighted by atomic mass is 79.9. The number of rotatable bonds is 2. The van der Waals surface area contributed by atoms with Gasteiger partial charge in [-0.1, -0.05) is 60.9 Å². The standard InChI is InChI=1S/C15H25BrO3/c1-19-14(18)15(12-16)11-9-7-5-3-2-4-6-8-10-13(15)17/h2-12H2,1H3. The van der Waals surface area contributed by atoms with Crippen molar-refractivity contribution in [3.05, 3.63) is 0 Å². The summed E-state index contributed by atoms with van der Waals surface area (Å²) in [5.41, 5.74) is -0.950. The maximum absolute atomic E-state index is 12.5. The molecule has 1 aliphatic carbocycles. The van der Waals surface area contributed by atoms with Crippen molar-refractivity contribution in [1.29, 1.82) is 0 Å². The largest absolute Gasteiger partial charge is 0.468 e. The Morgan fingerprint density at radius 2 is 1.63 bits per heavy atom. The van der Waals surface area contributed by atoms with Crippen LogP contribution >= 0.6 is 15.9 Å². The first-order valence-electron chi connectivity index (χ1n) is 7.35. The molecule has 0 aromatic carbocycles. The summed E-state index contributed by atoms with van der Waals surface area (Å²) in [5.74, 6) is -0.316. The van der Waals surface area contributed by atoms with Gasteiger partial charge in [0.05, 0.1) is 7.11 Å². The van der Waals surface area contributed by atoms with Crippen LogP contribution in [0.4, 0.5) is 0 Å². The van der Waals surface area contributed by atoms with Crippen molar-refractivity contribution in [1.82, 2.24) is 0 Å². The predicted molar refractivity (Wildman–Crippen MR) is 79.4 cm³/mol. The number of Topliss-reactive ketones (excluding diaryl/α,β-unsaturated/α-hetero) is 1. The summed E-state index contributed by atoms with van der Waals surface area (Å²) in [6.45, 7) is 0. The van der Waals surface area contributed by atoms with Gasteiger partial charge in [-0.3, -0.25) is 9.59 Å². The minimum atomic E-state index is -0.950. The molecule has 1 fully saturated rings. The molecule has 1 saturated carbocycles. The van der Waals surface area contributed by atoms with E-state index in [4.69, 9.17) is 4.74 Å². The summed E-state index contributed by atoms with van der Waals surface area (Å²) in [6.07, 6.45) is 10.1. The van der Waals surface area contributed by atoms with Gasteiger partial charge in [-0.05, 0) is 12.8 Å². The third-order valence-electron chi connectivity index (χ3n) is 4.10. The number of methoxy groups -OCH3 is 1. The summed E-state index contributed by atoms with van der Waals surface area (Å²) < 4.78 is 4.89. The van der Waals surface area contributed by atoms with Crippen LogP contribution in [0.1, 0.15) is 64.2 Å². The van der Waals surface area contributed by atoms with Crippen LogP contribution < -0.4 is 0 Å². The smallest absolute Gasteiger partial charge is 0.320 e. The number of carbonyl (C=O) groups excluding carboxylic acids is 2. The fourth-order valence-electron chi connectivity index (χ4n) is 2.76. The third kappa shape index (κ3) is 4.59. The van der Waals surface area contributed by atoms with Gasteiger partial charge in [0.1, 0.15) is 5.41 Å². The molecule has 0 radical (unpaired) electrons. The average molecular weight is 333 g/mol. The van der Waals surface area contributed by atoms with Crippen LogP contribution in [0.2, 0.25) is 0 Å². The highest BCUT2D eigenvalue weighted by molar-refractivity contribution is 9.09. The minimum absolute atomic E-state index is 0.0526. The molecule has 110 valence electrons. The van der Waals surface area contributed by atoms with E-state index in [1.807, 2.05) is 0 Å². The van der Waals surface area contributed by atoms with Crippen molar-refractivity contribution in [2.45, 2.75) is 64.2 Å². The number of halogens is 1. The van der Waals surface area contributed by atoms with E-state index in [1.165, 1.54) is 32.8 Å². The lowest BCUT2D eigenvalue weighted by Crippen LogP contribution is -2.42. The highest BCUT2D eigenvalue weighted by Crippen LogP contribution is 2.33. The van der Waals surface area contributed by atoms with E-state index in [1.54, 1.807) is 0 Å². The molecule has 0 spiro atoms. The highest BCUT2D eigenvalue weighted by Gasteiger charge is 2.44. The molecule has 0 aliphatic heterocycles. The van der Waals surface area contributed by atoms with Crippen LogP contribution in [0.3, 0.4) is 0 Å². The van der Waals surface area contributed by atoms with Gasteiger partial charge in [0.15, 0.2) is 5.78 Å². The molecule has 1 rings (SSSR count). The molecule has 0 N–H and O–H groups in total. The maximum Gasteiger partial charge on any atom is 0.320 e. The Labute approximate surface area is 124 Å². The molecule has 0 amide bonds. The first kappa shape index (κ1) is 16.7. The number of esters is 1. The Balaban J connectivity index is 2.79. The number of hydrogen-bond donors (Lipinski definition) is 0. The predicted octanol–water partition coefficient (Wildman–Crippen LogP) is 4.02. The second kappa shape index (κ2) is 8.72. The molecule has 19 heavy (non-hydrogen) atoms. The lowest BCUT2D eigenvalue weighted by atomic mass is 9.78.